The minimum absolute atomic E-state index is 0.0992. The summed E-state index contributed by atoms with van der Waals surface area (Å²) in [6.45, 7) is 4.46. The molecule has 0 atom stereocenters. The molecular formula is C19H20F4N2O. The molecule has 2 aromatic carbocycles. The largest absolute Gasteiger partial charge is 0.573 e. The highest BCUT2D eigenvalue weighted by molar-refractivity contribution is 5.64. The first-order valence-electron chi connectivity index (χ1n) is 8.06. The van der Waals surface area contributed by atoms with Crippen molar-refractivity contribution in [3.8, 4) is 5.75 Å². The zero-order chi connectivity index (χ0) is 19.3. The van der Waals surface area contributed by atoms with Crippen LogP contribution in [0.4, 0.5) is 23.2 Å². The molecule has 0 aliphatic heterocycles. The van der Waals surface area contributed by atoms with Crippen LogP contribution in [0.1, 0.15) is 23.6 Å². The van der Waals surface area contributed by atoms with Crippen LogP contribution in [0, 0.1) is 12.7 Å². The minimum Gasteiger partial charge on any atom is -0.405 e. The molecule has 0 heterocycles. The molecule has 0 saturated heterocycles. The molecule has 0 aliphatic carbocycles. The minimum atomic E-state index is -4.78. The van der Waals surface area contributed by atoms with Crippen molar-refractivity contribution in [3.63, 3.8) is 0 Å². The average molecular weight is 368 g/mol. The van der Waals surface area contributed by atoms with Crippen LogP contribution in [-0.4, -0.2) is 31.2 Å². The van der Waals surface area contributed by atoms with E-state index in [1.165, 1.54) is 30.3 Å². The maximum Gasteiger partial charge on any atom is 0.573 e. The van der Waals surface area contributed by atoms with E-state index in [-0.39, 0.29) is 12.2 Å². The lowest BCUT2D eigenvalue weighted by molar-refractivity contribution is -0.274. The number of alkyl halides is 3. The Morgan fingerprint density at radius 3 is 2.50 bits per heavy atom. The Morgan fingerprint density at radius 1 is 1.15 bits per heavy atom. The van der Waals surface area contributed by atoms with Gasteiger partial charge in [-0.2, -0.15) is 0 Å². The lowest BCUT2D eigenvalue weighted by Crippen LogP contribution is -2.18. The van der Waals surface area contributed by atoms with Gasteiger partial charge in [-0.1, -0.05) is 18.2 Å². The SMILES string of the molecule is CCN(C)/C=N/c1cc(F)cc(Cc2ccccc2OC(F)(F)F)c1C. The van der Waals surface area contributed by atoms with Gasteiger partial charge in [-0.25, -0.2) is 9.38 Å². The number of halogens is 4. The smallest absolute Gasteiger partial charge is 0.405 e. The van der Waals surface area contributed by atoms with E-state index < -0.39 is 12.2 Å². The van der Waals surface area contributed by atoms with Gasteiger partial charge in [0, 0.05) is 20.0 Å². The summed E-state index contributed by atoms with van der Waals surface area (Å²) in [6, 6.07) is 8.45. The first-order chi connectivity index (χ1) is 12.2. The van der Waals surface area contributed by atoms with Crippen LogP contribution in [0.25, 0.3) is 0 Å². The summed E-state index contributed by atoms with van der Waals surface area (Å²) >= 11 is 0. The summed E-state index contributed by atoms with van der Waals surface area (Å²) in [7, 11) is 1.84. The van der Waals surface area contributed by atoms with E-state index in [0.717, 1.165) is 6.54 Å². The number of hydrogen-bond acceptors (Lipinski definition) is 2. The average Bonchev–Trinajstić information content (AvgIpc) is 2.56. The van der Waals surface area contributed by atoms with Crippen molar-refractivity contribution in [2.45, 2.75) is 26.6 Å². The molecule has 2 aromatic rings. The molecule has 0 spiro atoms. The van der Waals surface area contributed by atoms with E-state index in [9.17, 15) is 17.6 Å². The fourth-order valence-corrected chi connectivity index (χ4v) is 2.36. The summed E-state index contributed by atoms with van der Waals surface area (Å²) in [5.74, 6) is -0.787. The Labute approximate surface area is 149 Å². The van der Waals surface area contributed by atoms with Gasteiger partial charge < -0.3 is 9.64 Å². The molecule has 0 unspecified atom stereocenters. The molecule has 7 heteroatoms. The second-order valence-corrected chi connectivity index (χ2v) is 5.86. The highest BCUT2D eigenvalue weighted by Gasteiger charge is 2.32. The van der Waals surface area contributed by atoms with Gasteiger partial charge in [-0.05, 0) is 48.7 Å². The summed E-state index contributed by atoms with van der Waals surface area (Å²) in [5, 5.41) is 0. The van der Waals surface area contributed by atoms with Crippen molar-refractivity contribution in [1.82, 2.24) is 4.90 Å². The zero-order valence-electron chi connectivity index (χ0n) is 14.8. The van der Waals surface area contributed by atoms with Gasteiger partial charge >= 0.3 is 6.36 Å². The monoisotopic (exact) mass is 368 g/mol. The lowest BCUT2D eigenvalue weighted by Gasteiger charge is -2.15. The topological polar surface area (TPSA) is 24.8 Å². The molecule has 0 aliphatic rings. The van der Waals surface area contributed by atoms with E-state index in [1.54, 1.807) is 19.3 Å². The van der Waals surface area contributed by atoms with E-state index in [1.807, 2.05) is 18.9 Å². The molecule has 140 valence electrons. The van der Waals surface area contributed by atoms with Crippen LogP contribution in [0.15, 0.2) is 41.4 Å². The number of para-hydroxylation sites is 1. The molecule has 2 rings (SSSR count). The highest BCUT2D eigenvalue weighted by atomic mass is 19.4. The van der Waals surface area contributed by atoms with Crippen molar-refractivity contribution < 1.29 is 22.3 Å². The first-order valence-corrected chi connectivity index (χ1v) is 8.06. The molecule has 0 bridgehead atoms. The van der Waals surface area contributed by atoms with E-state index in [2.05, 4.69) is 9.73 Å². The Bertz CT molecular complexity index is 788. The van der Waals surface area contributed by atoms with Gasteiger partial charge in [0.05, 0.1) is 12.0 Å². The normalized spacial score (nSPS) is 11.8. The lowest BCUT2D eigenvalue weighted by atomic mass is 9.98. The number of benzene rings is 2. The van der Waals surface area contributed by atoms with Crippen molar-refractivity contribution in [2.75, 3.05) is 13.6 Å². The van der Waals surface area contributed by atoms with E-state index in [4.69, 9.17) is 0 Å². The number of rotatable bonds is 6. The van der Waals surface area contributed by atoms with Crippen LogP contribution in [0.3, 0.4) is 0 Å². The summed E-state index contributed by atoms with van der Waals surface area (Å²) in [5.41, 5.74) is 2.01. The fraction of sp³-hybridized carbons (Fsp3) is 0.316. The number of aliphatic imine (C=N–C) groups is 1. The van der Waals surface area contributed by atoms with Crippen LogP contribution >= 0.6 is 0 Å². The molecule has 3 nitrogen and oxygen atoms in total. The molecule has 0 fully saturated rings. The van der Waals surface area contributed by atoms with Gasteiger partial charge in [0.15, 0.2) is 0 Å². The first kappa shape index (κ1) is 19.8. The second kappa shape index (κ2) is 8.21. The Morgan fingerprint density at radius 2 is 1.85 bits per heavy atom. The predicted molar refractivity (Wildman–Crippen MR) is 93.5 cm³/mol. The van der Waals surface area contributed by atoms with Crippen LogP contribution in [0.2, 0.25) is 0 Å². The number of nitrogens with zero attached hydrogens (tertiary/aromatic N) is 2. The highest BCUT2D eigenvalue weighted by Crippen LogP contribution is 2.31. The molecule has 0 N–H and O–H groups in total. The molecule has 0 amide bonds. The number of hydrogen-bond donors (Lipinski definition) is 0. The quantitative estimate of drug-likeness (QED) is 0.396. The van der Waals surface area contributed by atoms with Gasteiger partial charge in [-0.15, -0.1) is 13.2 Å². The van der Waals surface area contributed by atoms with Gasteiger partial charge in [0.25, 0.3) is 0 Å². The zero-order valence-corrected chi connectivity index (χ0v) is 14.8. The predicted octanol–water partition coefficient (Wildman–Crippen LogP) is 5.24. The third kappa shape index (κ3) is 5.47. The van der Waals surface area contributed by atoms with Crippen molar-refractivity contribution >= 4 is 12.0 Å². The van der Waals surface area contributed by atoms with Crippen molar-refractivity contribution in [3.05, 3.63) is 58.9 Å². The Kier molecular flexibility index (Phi) is 6.23. The van der Waals surface area contributed by atoms with Gasteiger partial charge in [0.1, 0.15) is 11.6 Å². The summed E-state index contributed by atoms with van der Waals surface area (Å²) < 4.78 is 55.8. The Balaban J connectivity index is 2.36. The molecule has 26 heavy (non-hydrogen) atoms. The second-order valence-electron chi connectivity index (χ2n) is 5.86. The summed E-state index contributed by atoms with van der Waals surface area (Å²) in [4.78, 5) is 6.10. The van der Waals surface area contributed by atoms with E-state index >= 15 is 0 Å². The molecule has 0 aromatic heterocycles. The summed E-state index contributed by atoms with van der Waals surface area (Å²) in [6.07, 6.45) is -3.10. The van der Waals surface area contributed by atoms with Gasteiger partial charge in [-0.3, -0.25) is 0 Å². The third-order valence-electron chi connectivity index (χ3n) is 3.92. The maximum atomic E-state index is 14.0. The van der Waals surface area contributed by atoms with Crippen molar-refractivity contribution in [1.29, 1.82) is 0 Å². The molecule has 0 saturated carbocycles. The third-order valence-corrected chi connectivity index (χ3v) is 3.92. The van der Waals surface area contributed by atoms with Gasteiger partial charge in [0.2, 0.25) is 0 Å². The molecular weight excluding hydrogens is 348 g/mol. The standard InChI is InChI=1S/C19H20F4N2O/c1-4-25(3)12-24-17-11-16(20)10-15(13(17)2)9-14-7-5-6-8-18(14)26-19(21,22)23/h5-8,10-12H,4,9H2,1-3H3/b24-12+. The number of ether oxygens (including phenoxy) is 1. The van der Waals surface area contributed by atoms with E-state index in [0.29, 0.717) is 22.4 Å². The Hall–Kier alpha value is -2.57. The fourth-order valence-electron chi connectivity index (χ4n) is 2.36. The maximum absolute atomic E-state index is 14.0. The van der Waals surface area contributed by atoms with Crippen LogP contribution in [-0.2, 0) is 6.42 Å². The van der Waals surface area contributed by atoms with Crippen LogP contribution < -0.4 is 4.74 Å². The van der Waals surface area contributed by atoms with Crippen molar-refractivity contribution in [2.24, 2.45) is 4.99 Å². The molecule has 0 radical (unpaired) electrons. The van der Waals surface area contributed by atoms with Crippen LogP contribution in [0.5, 0.6) is 5.75 Å².